The van der Waals surface area contributed by atoms with Crippen molar-refractivity contribution in [2.24, 2.45) is 17.8 Å². The first kappa shape index (κ1) is 24.6. The summed E-state index contributed by atoms with van der Waals surface area (Å²) in [5.41, 5.74) is 0.310. The molecule has 0 aliphatic carbocycles. The molecule has 1 N–H and O–H groups in total. The average Bonchev–Trinajstić information content (AvgIpc) is 2.88. The van der Waals surface area contributed by atoms with Gasteiger partial charge in [-0.1, -0.05) is 26.3 Å². The molecule has 1 saturated heterocycles. The van der Waals surface area contributed by atoms with E-state index in [1.54, 1.807) is 12.1 Å². The Bertz CT molecular complexity index is 869. The number of ether oxygens (including phenoxy) is 2. The summed E-state index contributed by atoms with van der Waals surface area (Å²) in [6.07, 6.45) is 4.28. The first-order chi connectivity index (χ1) is 14.5. The minimum atomic E-state index is -0.964. The van der Waals surface area contributed by atoms with Gasteiger partial charge in [-0.2, -0.15) is 0 Å². The second kappa shape index (κ2) is 10.1. The predicted octanol–water partition coefficient (Wildman–Crippen LogP) is 4.88. The number of carbonyl (C=O) groups excluding carboxylic acids is 3. The lowest BCUT2D eigenvalue weighted by Gasteiger charge is -2.28. The van der Waals surface area contributed by atoms with Crippen LogP contribution in [-0.4, -0.2) is 35.4 Å². The van der Waals surface area contributed by atoms with E-state index in [9.17, 15) is 19.5 Å². The number of methoxy groups -OCH3 is 1. The molecule has 1 aromatic carbocycles. The molecule has 0 radical (unpaired) electrons. The molecule has 0 unspecified atom stereocenters. The third-order valence-corrected chi connectivity index (χ3v) is 6.06. The second-order valence-electron chi connectivity index (χ2n) is 9.16. The fourth-order valence-corrected chi connectivity index (χ4v) is 4.10. The molecule has 3 atom stereocenters. The number of esters is 1. The van der Waals surface area contributed by atoms with E-state index in [-0.39, 0.29) is 23.0 Å². The van der Waals surface area contributed by atoms with Crippen LogP contribution in [0.25, 0.3) is 0 Å². The van der Waals surface area contributed by atoms with E-state index in [2.05, 4.69) is 0 Å². The van der Waals surface area contributed by atoms with Gasteiger partial charge in [0.1, 0.15) is 23.0 Å². The Morgan fingerprint density at radius 1 is 1.32 bits per heavy atom. The molecule has 1 aliphatic rings. The molecule has 6 heteroatoms. The highest BCUT2D eigenvalue weighted by molar-refractivity contribution is 6.11. The molecule has 0 saturated carbocycles. The maximum absolute atomic E-state index is 13.0. The number of ketones is 2. The lowest BCUT2D eigenvalue weighted by molar-refractivity contribution is -0.149. The standard InChI is InChI=1S/C25H34O6/c1-15(2)12-18(26)13-16(3)8-7-11-25(5)17(4)22(24(29)31-25)23(28)20-10-9-19(30-6)14-21(20)27/h9-10,13-15,17,22,27H,7-8,11-12H2,1-6H3/t17-,22+,25-/m0/s1. The van der Waals surface area contributed by atoms with E-state index in [1.165, 1.54) is 19.2 Å². The van der Waals surface area contributed by atoms with Crippen molar-refractivity contribution in [1.29, 1.82) is 0 Å². The van der Waals surface area contributed by atoms with Crippen LogP contribution in [0.5, 0.6) is 11.5 Å². The average molecular weight is 431 g/mol. The van der Waals surface area contributed by atoms with Gasteiger partial charge in [0, 0.05) is 18.4 Å². The Labute approximate surface area is 184 Å². The molecule has 1 heterocycles. The molecular formula is C25H34O6. The van der Waals surface area contributed by atoms with Crippen LogP contribution in [0.2, 0.25) is 0 Å². The molecule has 31 heavy (non-hydrogen) atoms. The van der Waals surface area contributed by atoms with Gasteiger partial charge in [0.15, 0.2) is 11.6 Å². The molecule has 0 aromatic heterocycles. The summed E-state index contributed by atoms with van der Waals surface area (Å²) in [5.74, 6) is -1.65. The lowest BCUT2D eigenvalue weighted by Crippen LogP contribution is -2.33. The zero-order valence-electron chi connectivity index (χ0n) is 19.4. The molecule has 2 rings (SSSR count). The number of allylic oxidation sites excluding steroid dienone is 2. The fraction of sp³-hybridized carbons (Fsp3) is 0.560. The minimum absolute atomic E-state index is 0.0845. The predicted molar refractivity (Wildman–Crippen MR) is 118 cm³/mol. The molecule has 1 fully saturated rings. The van der Waals surface area contributed by atoms with Crippen LogP contribution in [0.1, 0.15) is 70.7 Å². The maximum atomic E-state index is 13.0. The summed E-state index contributed by atoms with van der Waals surface area (Å²) >= 11 is 0. The van der Waals surface area contributed by atoms with Crippen molar-refractivity contribution in [3.05, 3.63) is 35.4 Å². The third kappa shape index (κ3) is 5.96. The van der Waals surface area contributed by atoms with Gasteiger partial charge in [0.25, 0.3) is 0 Å². The smallest absolute Gasteiger partial charge is 0.317 e. The topological polar surface area (TPSA) is 89.9 Å². The number of Topliss-reactive ketones (excluding diaryl/α,β-unsaturated/α-hetero) is 1. The van der Waals surface area contributed by atoms with E-state index >= 15 is 0 Å². The first-order valence-corrected chi connectivity index (χ1v) is 10.8. The second-order valence-corrected chi connectivity index (χ2v) is 9.16. The summed E-state index contributed by atoms with van der Waals surface area (Å²) in [6.45, 7) is 9.65. The van der Waals surface area contributed by atoms with Crippen molar-refractivity contribution in [1.82, 2.24) is 0 Å². The third-order valence-electron chi connectivity index (χ3n) is 6.06. The van der Waals surface area contributed by atoms with Crippen molar-refractivity contribution < 1.29 is 29.0 Å². The fourth-order valence-electron chi connectivity index (χ4n) is 4.10. The van der Waals surface area contributed by atoms with Crippen molar-refractivity contribution in [3.8, 4) is 11.5 Å². The lowest BCUT2D eigenvalue weighted by atomic mass is 9.77. The van der Waals surface area contributed by atoms with Crippen molar-refractivity contribution in [2.75, 3.05) is 7.11 Å². The SMILES string of the molecule is COc1ccc(C(=O)[C@@H]2C(=O)O[C@@](C)(CCCC(C)=CC(=O)CC(C)C)[C@H]2C)c(O)c1. The Hall–Kier alpha value is -2.63. The zero-order valence-corrected chi connectivity index (χ0v) is 19.4. The quantitative estimate of drug-likeness (QED) is 0.246. The van der Waals surface area contributed by atoms with E-state index in [0.29, 0.717) is 24.5 Å². The van der Waals surface area contributed by atoms with Crippen molar-refractivity contribution >= 4 is 17.5 Å². The van der Waals surface area contributed by atoms with Gasteiger partial charge in [-0.15, -0.1) is 0 Å². The van der Waals surface area contributed by atoms with Gasteiger partial charge in [0.05, 0.1) is 12.7 Å². The van der Waals surface area contributed by atoms with Gasteiger partial charge < -0.3 is 14.6 Å². The highest BCUT2D eigenvalue weighted by Crippen LogP contribution is 2.43. The molecular weight excluding hydrogens is 396 g/mol. The highest BCUT2D eigenvalue weighted by Gasteiger charge is 2.53. The molecule has 1 aromatic rings. The highest BCUT2D eigenvalue weighted by atomic mass is 16.6. The monoisotopic (exact) mass is 430 g/mol. The van der Waals surface area contributed by atoms with Gasteiger partial charge in [0.2, 0.25) is 0 Å². The van der Waals surface area contributed by atoms with Gasteiger partial charge in [-0.3, -0.25) is 14.4 Å². The Morgan fingerprint density at radius 3 is 2.58 bits per heavy atom. The van der Waals surface area contributed by atoms with Crippen LogP contribution in [0.3, 0.4) is 0 Å². The van der Waals surface area contributed by atoms with E-state index in [1.807, 2.05) is 34.6 Å². The van der Waals surface area contributed by atoms with Crippen LogP contribution in [0.15, 0.2) is 29.8 Å². The Morgan fingerprint density at radius 2 is 2.00 bits per heavy atom. The minimum Gasteiger partial charge on any atom is -0.507 e. The number of rotatable bonds is 10. The van der Waals surface area contributed by atoms with Crippen LogP contribution in [0.4, 0.5) is 0 Å². The van der Waals surface area contributed by atoms with Gasteiger partial charge >= 0.3 is 5.97 Å². The summed E-state index contributed by atoms with van der Waals surface area (Å²) in [4.78, 5) is 37.6. The van der Waals surface area contributed by atoms with Crippen LogP contribution in [0, 0.1) is 17.8 Å². The number of cyclic esters (lactones) is 1. The van der Waals surface area contributed by atoms with Gasteiger partial charge in [-0.25, -0.2) is 0 Å². The number of carbonyl (C=O) groups is 3. The Kier molecular flexibility index (Phi) is 8.04. The van der Waals surface area contributed by atoms with E-state index in [0.717, 1.165) is 18.4 Å². The molecule has 0 bridgehead atoms. The Balaban J connectivity index is 2.04. The first-order valence-electron chi connectivity index (χ1n) is 10.8. The normalized spacial score (nSPS) is 23.7. The van der Waals surface area contributed by atoms with E-state index < -0.39 is 23.3 Å². The van der Waals surface area contributed by atoms with Crippen LogP contribution >= 0.6 is 0 Å². The summed E-state index contributed by atoms with van der Waals surface area (Å²) in [7, 11) is 1.47. The number of phenolic OH excluding ortho intramolecular Hbond substituents is 1. The van der Waals surface area contributed by atoms with E-state index in [4.69, 9.17) is 9.47 Å². The maximum Gasteiger partial charge on any atom is 0.317 e. The number of aromatic hydroxyl groups is 1. The largest absolute Gasteiger partial charge is 0.507 e. The summed E-state index contributed by atoms with van der Waals surface area (Å²) in [6, 6.07) is 4.40. The van der Waals surface area contributed by atoms with Crippen molar-refractivity contribution in [3.63, 3.8) is 0 Å². The molecule has 6 nitrogen and oxygen atoms in total. The molecule has 0 amide bonds. The summed E-state index contributed by atoms with van der Waals surface area (Å²) in [5, 5.41) is 10.2. The van der Waals surface area contributed by atoms with Crippen molar-refractivity contribution in [2.45, 2.75) is 65.9 Å². The van der Waals surface area contributed by atoms with Crippen LogP contribution in [-0.2, 0) is 14.3 Å². The van der Waals surface area contributed by atoms with Gasteiger partial charge in [-0.05, 0) is 57.2 Å². The molecule has 170 valence electrons. The number of hydrogen-bond acceptors (Lipinski definition) is 6. The summed E-state index contributed by atoms with van der Waals surface area (Å²) < 4.78 is 10.7. The molecule has 0 spiro atoms. The number of benzene rings is 1. The number of phenols is 1. The molecule has 1 aliphatic heterocycles. The number of hydrogen-bond donors (Lipinski definition) is 1. The van der Waals surface area contributed by atoms with Crippen LogP contribution < -0.4 is 4.74 Å². The zero-order chi connectivity index (χ0) is 23.3.